The maximum Gasteiger partial charge on any atom is 0.416 e. The Kier molecular flexibility index (Phi) is 5.24. The van der Waals surface area contributed by atoms with Crippen LogP contribution in [-0.4, -0.2) is 35.1 Å². The molecule has 0 bridgehead atoms. The summed E-state index contributed by atoms with van der Waals surface area (Å²) in [7, 11) is 3.43. The Morgan fingerprint density at radius 3 is 2.24 bits per heavy atom. The van der Waals surface area contributed by atoms with Crippen molar-refractivity contribution in [2.45, 2.75) is 24.4 Å². The fourth-order valence-electron chi connectivity index (χ4n) is 2.85. The number of alkyl halides is 3. The van der Waals surface area contributed by atoms with Gasteiger partial charge in [-0.3, -0.25) is 0 Å². The summed E-state index contributed by atoms with van der Waals surface area (Å²) in [5.74, 6) is 0.123. The standard InChI is InChI=1S/C18H13Cl2F3N6/c1-28(2)9-26-16-14(17(8-25)3-4-17)13(7-24)27-29(16)15-11(19)5-10(6-12(15)20)18(21,22)23/h5-6,9H,3-4H2,1-2H3/b26-9-. The number of nitrogens with zero attached hydrogens (tertiary/aromatic N) is 6. The zero-order chi connectivity index (χ0) is 21.6. The monoisotopic (exact) mass is 440 g/mol. The van der Waals surface area contributed by atoms with Crippen LogP contribution in [0.2, 0.25) is 10.0 Å². The molecule has 1 aromatic heterocycles. The van der Waals surface area contributed by atoms with Crippen molar-refractivity contribution in [1.82, 2.24) is 14.7 Å². The van der Waals surface area contributed by atoms with E-state index >= 15 is 0 Å². The van der Waals surface area contributed by atoms with E-state index in [2.05, 4.69) is 16.2 Å². The van der Waals surface area contributed by atoms with Gasteiger partial charge < -0.3 is 4.90 Å². The number of hydrogen-bond acceptors (Lipinski definition) is 4. The molecule has 11 heteroatoms. The average molecular weight is 441 g/mol. The van der Waals surface area contributed by atoms with E-state index in [1.165, 1.54) is 6.34 Å². The van der Waals surface area contributed by atoms with Gasteiger partial charge in [-0.2, -0.15) is 28.8 Å². The van der Waals surface area contributed by atoms with E-state index in [4.69, 9.17) is 23.2 Å². The van der Waals surface area contributed by atoms with Gasteiger partial charge in [-0.05, 0) is 25.0 Å². The lowest BCUT2D eigenvalue weighted by atomic mass is 9.97. The van der Waals surface area contributed by atoms with Crippen LogP contribution in [0.5, 0.6) is 0 Å². The second-order valence-electron chi connectivity index (χ2n) is 6.76. The summed E-state index contributed by atoms with van der Waals surface area (Å²) in [5, 5.41) is 22.7. The van der Waals surface area contributed by atoms with Crippen molar-refractivity contribution in [2.24, 2.45) is 4.99 Å². The van der Waals surface area contributed by atoms with E-state index in [-0.39, 0.29) is 27.2 Å². The van der Waals surface area contributed by atoms with Crippen LogP contribution in [-0.2, 0) is 11.6 Å². The zero-order valence-corrected chi connectivity index (χ0v) is 16.7. The lowest BCUT2D eigenvalue weighted by molar-refractivity contribution is -0.137. The summed E-state index contributed by atoms with van der Waals surface area (Å²) >= 11 is 12.2. The molecule has 1 fully saturated rings. The minimum absolute atomic E-state index is 0.0521. The molecule has 0 aliphatic heterocycles. The summed E-state index contributed by atoms with van der Waals surface area (Å²) in [5.41, 5.74) is -1.73. The first kappa shape index (κ1) is 21.0. The molecule has 150 valence electrons. The Bertz CT molecular complexity index is 1060. The molecule has 0 amide bonds. The topological polar surface area (TPSA) is 81.0 Å². The second-order valence-corrected chi connectivity index (χ2v) is 7.57. The molecule has 0 N–H and O–H groups in total. The third kappa shape index (κ3) is 3.76. The summed E-state index contributed by atoms with van der Waals surface area (Å²) in [6.45, 7) is 0. The highest BCUT2D eigenvalue weighted by Crippen LogP contribution is 2.53. The van der Waals surface area contributed by atoms with E-state index in [1.807, 2.05) is 6.07 Å². The molecule has 3 rings (SSSR count). The second kappa shape index (κ2) is 7.25. The normalized spacial score (nSPS) is 15.2. The fraction of sp³-hybridized carbons (Fsp3) is 0.333. The van der Waals surface area contributed by atoms with Gasteiger partial charge in [0.1, 0.15) is 11.8 Å². The van der Waals surface area contributed by atoms with E-state index in [9.17, 15) is 23.7 Å². The summed E-state index contributed by atoms with van der Waals surface area (Å²) < 4.78 is 40.3. The molecule has 0 spiro atoms. The number of aliphatic imine (C=N–C) groups is 1. The molecule has 0 radical (unpaired) electrons. The Hall–Kier alpha value is -2.75. The average Bonchev–Trinajstić information content (AvgIpc) is 3.33. The smallest absolute Gasteiger partial charge is 0.369 e. The highest BCUT2D eigenvalue weighted by molar-refractivity contribution is 6.38. The first-order chi connectivity index (χ1) is 13.5. The Labute approximate surface area is 174 Å². The van der Waals surface area contributed by atoms with Gasteiger partial charge in [0.15, 0.2) is 11.5 Å². The molecule has 1 aromatic carbocycles. The Morgan fingerprint density at radius 2 is 1.83 bits per heavy atom. The predicted molar refractivity (Wildman–Crippen MR) is 102 cm³/mol. The number of rotatable bonds is 4. The minimum atomic E-state index is -4.64. The van der Waals surface area contributed by atoms with E-state index in [0.717, 1.165) is 16.8 Å². The number of hydrogen-bond donors (Lipinski definition) is 0. The summed E-state index contributed by atoms with van der Waals surface area (Å²) in [6.07, 6.45) is -2.17. The van der Waals surface area contributed by atoms with Crippen LogP contribution in [0.1, 0.15) is 29.7 Å². The molecular weight excluding hydrogens is 428 g/mol. The Morgan fingerprint density at radius 1 is 1.24 bits per heavy atom. The van der Waals surface area contributed by atoms with Gasteiger partial charge in [-0.1, -0.05) is 23.2 Å². The molecule has 0 atom stereocenters. The van der Waals surface area contributed by atoms with Crippen LogP contribution in [0.25, 0.3) is 5.69 Å². The van der Waals surface area contributed by atoms with Crippen molar-refractivity contribution >= 4 is 35.4 Å². The molecule has 0 unspecified atom stereocenters. The maximum absolute atomic E-state index is 13.1. The van der Waals surface area contributed by atoms with Crippen molar-refractivity contribution in [2.75, 3.05) is 14.1 Å². The molecule has 1 aliphatic rings. The first-order valence-corrected chi connectivity index (χ1v) is 9.02. The van der Waals surface area contributed by atoms with Crippen LogP contribution in [0.4, 0.5) is 19.0 Å². The SMILES string of the molecule is CN(C)/C=N\c1c(C2(C#N)CC2)c(C#N)nn1-c1c(Cl)cc(C(F)(F)F)cc1Cl. The highest BCUT2D eigenvalue weighted by atomic mass is 35.5. The van der Waals surface area contributed by atoms with Crippen LogP contribution < -0.4 is 0 Å². The largest absolute Gasteiger partial charge is 0.416 e. The van der Waals surface area contributed by atoms with Crippen molar-refractivity contribution in [3.63, 3.8) is 0 Å². The fourth-order valence-corrected chi connectivity index (χ4v) is 3.49. The summed E-state index contributed by atoms with van der Waals surface area (Å²) in [4.78, 5) is 5.94. The zero-order valence-electron chi connectivity index (χ0n) is 15.2. The molecule has 6 nitrogen and oxygen atoms in total. The number of aromatic nitrogens is 2. The van der Waals surface area contributed by atoms with Gasteiger partial charge >= 0.3 is 6.18 Å². The Balaban J connectivity index is 2.32. The third-order valence-electron chi connectivity index (χ3n) is 4.38. The van der Waals surface area contributed by atoms with Gasteiger partial charge in [0.25, 0.3) is 0 Å². The van der Waals surface area contributed by atoms with Crippen molar-refractivity contribution in [3.05, 3.63) is 39.0 Å². The first-order valence-electron chi connectivity index (χ1n) is 8.26. The minimum Gasteiger partial charge on any atom is -0.369 e. The lowest BCUT2D eigenvalue weighted by Crippen LogP contribution is -2.10. The molecular formula is C18H13Cl2F3N6. The summed E-state index contributed by atoms with van der Waals surface area (Å²) in [6, 6.07) is 5.58. The van der Waals surface area contributed by atoms with E-state index < -0.39 is 17.2 Å². The quantitative estimate of drug-likeness (QED) is 0.502. The lowest BCUT2D eigenvalue weighted by Gasteiger charge is -2.14. The van der Waals surface area contributed by atoms with Crippen LogP contribution >= 0.6 is 23.2 Å². The van der Waals surface area contributed by atoms with Gasteiger partial charge in [0.05, 0.1) is 39.0 Å². The molecule has 29 heavy (non-hydrogen) atoms. The molecule has 1 aliphatic carbocycles. The number of benzene rings is 1. The van der Waals surface area contributed by atoms with E-state index in [0.29, 0.717) is 18.4 Å². The maximum atomic E-state index is 13.1. The van der Waals surface area contributed by atoms with Crippen molar-refractivity contribution in [3.8, 4) is 17.8 Å². The van der Waals surface area contributed by atoms with Crippen LogP contribution in [0.3, 0.4) is 0 Å². The predicted octanol–water partition coefficient (Wildman–Crippen LogP) is 4.85. The van der Waals surface area contributed by atoms with Crippen molar-refractivity contribution < 1.29 is 13.2 Å². The molecule has 1 saturated carbocycles. The molecule has 0 saturated heterocycles. The third-order valence-corrected chi connectivity index (χ3v) is 4.95. The van der Waals surface area contributed by atoms with Gasteiger partial charge in [0, 0.05) is 14.1 Å². The molecule has 1 heterocycles. The van der Waals surface area contributed by atoms with Gasteiger partial charge in [0.2, 0.25) is 0 Å². The van der Waals surface area contributed by atoms with Crippen LogP contribution in [0, 0.1) is 22.7 Å². The molecule has 2 aromatic rings. The van der Waals surface area contributed by atoms with Crippen molar-refractivity contribution in [1.29, 1.82) is 10.5 Å². The van der Waals surface area contributed by atoms with Crippen LogP contribution in [0.15, 0.2) is 17.1 Å². The van der Waals surface area contributed by atoms with Gasteiger partial charge in [-0.25, -0.2) is 9.67 Å². The number of nitriles is 2. The van der Waals surface area contributed by atoms with E-state index in [1.54, 1.807) is 19.0 Å². The number of halogens is 5. The van der Waals surface area contributed by atoms with Gasteiger partial charge in [-0.15, -0.1) is 0 Å². The highest BCUT2D eigenvalue weighted by Gasteiger charge is 2.50.